The van der Waals surface area contributed by atoms with Crippen LogP contribution in [0.15, 0.2) is 59.7 Å². The predicted octanol–water partition coefficient (Wildman–Crippen LogP) is 1.98. The number of allylic oxidation sites excluding steroid dienone is 2. The molecule has 0 amide bonds. The summed E-state index contributed by atoms with van der Waals surface area (Å²) in [4.78, 5) is 0. The second-order valence-corrected chi connectivity index (χ2v) is 26.4. The zero-order chi connectivity index (χ0) is 19.5. The van der Waals surface area contributed by atoms with Gasteiger partial charge in [0.05, 0.1) is 0 Å². The fraction of sp³-hybridized carbons (Fsp3) is 0.407. The number of hydrogen-bond donors (Lipinski definition) is 0. The molecule has 2 unspecified atom stereocenters. The van der Waals surface area contributed by atoms with E-state index in [1.165, 1.54) is 17.5 Å². The van der Waals surface area contributed by atoms with Gasteiger partial charge < -0.3 is 24.8 Å². The maximum Gasteiger partial charge on any atom is -1.00 e. The van der Waals surface area contributed by atoms with Crippen LogP contribution in [0.25, 0.3) is 12.2 Å². The average Bonchev–Trinajstić information content (AvgIpc) is 3.22. The van der Waals surface area contributed by atoms with Crippen molar-refractivity contribution in [2.45, 2.75) is 49.8 Å². The Hall–Kier alpha value is -0.630. The molecule has 2 atom stereocenters. The Labute approximate surface area is 199 Å². The van der Waals surface area contributed by atoms with Gasteiger partial charge in [0.15, 0.2) is 0 Å². The first-order valence-electron chi connectivity index (χ1n) is 11.1. The SMILES string of the molecule is CC(C)C1=Cc2ccccc2[CH]1[Hf+2]1([CH]2C(C(C)C)=Cc3ccccc32)[CH2]C[CH2]1.[Cl-].[Cl-]. The smallest absolute Gasteiger partial charge is 1.00 e. The average molecular weight is 606 g/mol. The van der Waals surface area contributed by atoms with Crippen LogP contribution in [0.3, 0.4) is 0 Å². The van der Waals surface area contributed by atoms with Crippen molar-refractivity contribution in [3.63, 3.8) is 0 Å². The first-order valence-corrected chi connectivity index (χ1v) is 20.4. The van der Waals surface area contributed by atoms with Gasteiger partial charge in [0.25, 0.3) is 0 Å². The molecule has 158 valence electrons. The molecule has 5 rings (SSSR count). The van der Waals surface area contributed by atoms with Crippen LogP contribution >= 0.6 is 0 Å². The van der Waals surface area contributed by atoms with Crippen molar-refractivity contribution in [3.05, 3.63) is 81.9 Å². The van der Waals surface area contributed by atoms with Crippen LogP contribution in [0.5, 0.6) is 0 Å². The summed E-state index contributed by atoms with van der Waals surface area (Å²) in [6, 6.07) is 18.7. The summed E-state index contributed by atoms with van der Waals surface area (Å²) in [6.45, 7) is 9.69. The third-order valence-electron chi connectivity index (χ3n) is 7.69. The number of hydrogen-bond acceptors (Lipinski definition) is 0. The van der Waals surface area contributed by atoms with Crippen LogP contribution in [0.2, 0.25) is 8.35 Å². The van der Waals surface area contributed by atoms with Crippen LogP contribution in [0, 0.1) is 11.8 Å². The third kappa shape index (κ3) is 3.54. The summed E-state index contributed by atoms with van der Waals surface area (Å²) in [7, 11) is 0. The zero-order valence-electron chi connectivity index (χ0n) is 18.5. The quantitative estimate of drug-likeness (QED) is 0.468. The van der Waals surface area contributed by atoms with E-state index in [2.05, 4.69) is 88.4 Å². The van der Waals surface area contributed by atoms with Gasteiger partial charge in [0.1, 0.15) is 0 Å². The Kier molecular flexibility index (Phi) is 7.27. The van der Waals surface area contributed by atoms with Crippen molar-refractivity contribution < 1.29 is 44.8 Å². The van der Waals surface area contributed by atoms with Crippen molar-refractivity contribution >= 4 is 12.2 Å². The fourth-order valence-electron chi connectivity index (χ4n) is 6.31. The van der Waals surface area contributed by atoms with E-state index in [1.807, 2.05) is 0 Å². The molecule has 1 aliphatic heterocycles. The topological polar surface area (TPSA) is 0 Å². The van der Waals surface area contributed by atoms with E-state index in [9.17, 15) is 0 Å². The van der Waals surface area contributed by atoms with Gasteiger partial charge in [0, 0.05) is 0 Å². The van der Waals surface area contributed by atoms with Crippen molar-refractivity contribution in [1.82, 2.24) is 0 Å². The van der Waals surface area contributed by atoms with Crippen LogP contribution in [-0.2, 0) is 20.0 Å². The van der Waals surface area contributed by atoms with E-state index in [-0.39, 0.29) is 24.8 Å². The van der Waals surface area contributed by atoms with Crippen LogP contribution in [0.4, 0.5) is 0 Å². The van der Waals surface area contributed by atoms with Gasteiger partial charge in [-0.15, -0.1) is 0 Å². The molecule has 2 aromatic rings. The molecule has 2 aliphatic carbocycles. The number of halogens is 2. The molecule has 3 heteroatoms. The van der Waals surface area contributed by atoms with Gasteiger partial charge >= 0.3 is 176 Å². The molecule has 0 N–H and O–H groups in total. The third-order valence-corrected chi connectivity index (χ3v) is 29.8. The van der Waals surface area contributed by atoms with Gasteiger partial charge in [-0.25, -0.2) is 0 Å². The monoisotopic (exact) mass is 606 g/mol. The van der Waals surface area contributed by atoms with Gasteiger partial charge in [-0.3, -0.25) is 0 Å². The summed E-state index contributed by atoms with van der Waals surface area (Å²) < 4.78 is 4.71. The minimum Gasteiger partial charge on any atom is -1.00 e. The van der Waals surface area contributed by atoms with Crippen LogP contribution in [0.1, 0.15) is 63.7 Å². The molecule has 2 aromatic carbocycles. The molecule has 0 spiro atoms. The second-order valence-electron chi connectivity index (χ2n) is 9.81. The summed E-state index contributed by atoms with van der Waals surface area (Å²) >= 11 is -2.71. The maximum absolute atomic E-state index is 2.71. The minimum atomic E-state index is -2.71. The molecule has 0 radical (unpaired) electrons. The van der Waals surface area contributed by atoms with Crippen molar-refractivity contribution in [2.75, 3.05) is 0 Å². The van der Waals surface area contributed by atoms with Crippen LogP contribution < -0.4 is 24.8 Å². The zero-order valence-corrected chi connectivity index (χ0v) is 23.6. The Bertz CT molecular complexity index is 906. The first-order chi connectivity index (χ1) is 13.5. The Morgan fingerprint density at radius 3 is 1.40 bits per heavy atom. The number of benzene rings is 2. The summed E-state index contributed by atoms with van der Waals surface area (Å²) in [6.07, 6.45) is 6.62. The Balaban J connectivity index is 0.00000128. The predicted molar refractivity (Wildman–Crippen MR) is 118 cm³/mol. The molecule has 1 saturated heterocycles. The van der Waals surface area contributed by atoms with Crippen molar-refractivity contribution in [1.29, 1.82) is 0 Å². The summed E-state index contributed by atoms with van der Waals surface area (Å²) in [5, 5.41) is 0. The molecule has 1 fully saturated rings. The standard InChI is InChI=1S/2C12H13.C3H6.2ClH.Hf/c2*1-9(2)12-7-10-5-3-4-6-11(10)8-12;1-3-2;;;/h2*3-9H,1-2H3;1-3H2;2*1H;/q;;;;;+2/p-2. The number of rotatable bonds is 4. The molecule has 0 nitrogen and oxygen atoms in total. The molecule has 3 aliphatic rings. The molecule has 1 heterocycles. The molecular formula is C27H32Cl2Hf. The maximum atomic E-state index is 2.57. The normalized spacial score (nSPS) is 21.9. The Morgan fingerprint density at radius 1 is 0.667 bits per heavy atom. The van der Waals surface area contributed by atoms with Crippen molar-refractivity contribution in [2.24, 2.45) is 11.8 Å². The minimum absolute atomic E-state index is 0. The van der Waals surface area contributed by atoms with Crippen LogP contribution in [-0.4, -0.2) is 0 Å². The van der Waals surface area contributed by atoms with Gasteiger partial charge in [0.2, 0.25) is 0 Å². The van der Waals surface area contributed by atoms with E-state index < -0.39 is 20.0 Å². The summed E-state index contributed by atoms with van der Waals surface area (Å²) in [5.41, 5.74) is 9.91. The molecular weight excluding hydrogens is 574 g/mol. The van der Waals surface area contributed by atoms with E-state index in [1.54, 1.807) is 30.6 Å². The molecule has 0 saturated carbocycles. The first kappa shape index (κ1) is 24.0. The van der Waals surface area contributed by atoms with Gasteiger partial charge in [-0.1, -0.05) is 0 Å². The van der Waals surface area contributed by atoms with Gasteiger partial charge in [-0.05, 0) is 0 Å². The van der Waals surface area contributed by atoms with E-state index in [0.29, 0.717) is 11.8 Å². The van der Waals surface area contributed by atoms with E-state index in [0.717, 1.165) is 7.35 Å². The van der Waals surface area contributed by atoms with Gasteiger partial charge in [-0.2, -0.15) is 0 Å². The molecule has 0 bridgehead atoms. The summed E-state index contributed by atoms with van der Waals surface area (Å²) in [5.74, 6) is 1.30. The van der Waals surface area contributed by atoms with Crippen molar-refractivity contribution in [3.8, 4) is 0 Å². The second kappa shape index (κ2) is 9.08. The van der Waals surface area contributed by atoms with E-state index in [4.69, 9.17) is 0 Å². The van der Waals surface area contributed by atoms with E-state index >= 15 is 0 Å². The molecule has 30 heavy (non-hydrogen) atoms. The fourth-order valence-corrected chi connectivity index (χ4v) is 30.0. The Morgan fingerprint density at radius 2 is 1.07 bits per heavy atom. The largest absolute Gasteiger partial charge is 1.00 e. The number of fused-ring (bicyclic) bond motifs is 2. The molecule has 0 aromatic heterocycles.